The van der Waals surface area contributed by atoms with Gasteiger partial charge in [-0.1, -0.05) is 44.2 Å². The lowest BCUT2D eigenvalue weighted by Gasteiger charge is -2.19. The van der Waals surface area contributed by atoms with Crippen LogP contribution < -0.4 is 14.2 Å². The minimum absolute atomic E-state index is 0.0674. The molecule has 0 saturated carbocycles. The van der Waals surface area contributed by atoms with Gasteiger partial charge in [0.1, 0.15) is 11.5 Å². The standard InChI is InChI=1S/C30H36O5/c1-5-23-11-15-28(29(19-23)35-27-10-8-7-9-21(27)3)34-22(4)17-18-33-26-14-12-25(13-16-30(31)32)24(6-2)20-26/h7-12,14-15,19-20,22H,5-6,13,16-18H2,1-4H3,(H,31,32)/t22-/m0/s1. The third kappa shape index (κ3) is 7.78. The average Bonchev–Trinajstić information content (AvgIpc) is 2.85. The molecule has 0 bridgehead atoms. The van der Waals surface area contributed by atoms with Gasteiger partial charge >= 0.3 is 5.97 Å². The Morgan fingerprint density at radius 2 is 1.71 bits per heavy atom. The molecule has 0 fully saturated rings. The third-order valence-corrected chi connectivity index (χ3v) is 6.02. The zero-order chi connectivity index (χ0) is 25.2. The summed E-state index contributed by atoms with van der Waals surface area (Å²) in [4.78, 5) is 10.9. The lowest BCUT2D eigenvalue weighted by atomic mass is 10.0. The first kappa shape index (κ1) is 26.1. The zero-order valence-corrected chi connectivity index (χ0v) is 21.2. The number of hydrogen-bond donors (Lipinski definition) is 1. The Kier molecular flexibility index (Phi) is 9.59. The monoisotopic (exact) mass is 476 g/mol. The van der Waals surface area contributed by atoms with Gasteiger partial charge in [-0.15, -0.1) is 0 Å². The Labute approximate surface area is 208 Å². The summed E-state index contributed by atoms with van der Waals surface area (Å²) in [5.41, 5.74) is 4.45. The van der Waals surface area contributed by atoms with Gasteiger partial charge in [-0.05, 0) is 85.7 Å². The van der Waals surface area contributed by atoms with Crippen molar-refractivity contribution in [2.24, 2.45) is 0 Å². The normalized spacial score (nSPS) is 11.7. The van der Waals surface area contributed by atoms with E-state index in [-0.39, 0.29) is 12.5 Å². The maximum atomic E-state index is 10.9. The zero-order valence-electron chi connectivity index (χ0n) is 21.2. The molecule has 3 aromatic rings. The van der Waals surface area contributed by atoms with Crippen LogP contribution in [0, 0.1) is 6.92 Å². The third-order valence-electron chi connectivity index (χ3n) is 6.02. The van der Waals surface area contributed by atoms with Crippen LogP contribution in [-0.2, 0) is 24.1 Å². The van der Waals surface area contributed by atoms with E-state index in [2.05, 4.69) is 19.9 Å². The number of carboxylic acid groups (broad SMARTS) is 1. The van der Waals surface area contributed by atoms with E-state index < -0.39 is 5.97 Å². The number of benzene rings is 3. The number of aliphatic carboxylic acids is 1. The molecule has 0 aromatic heterocycles. The van der Waals surface area contributed by atoms with E-state index in [1.165, 1.54) is 5.56 Å². The van der Waals surface area contributed by atoms with E-state index in [1.54, 1.807) is 0 Å². The van der Waals surface area contributed by atoms with Gasteiger partial charge < -0.3 is 19.3 Å². The van der Waals surface area contributed by atoms with E-state index in [0.29, 0.717) is 25.2 Å². The first-order valence-electron chi connectivity index (χ1n) is 12.4. The van der Waals surface area contributed by atoms with Gasteiger partial charge in [0, 0.05) is 12.8 Å². The fourth-order valence-electron chi connectivity index (χ4n) is 3.86. The molecule has 3 aromatic carbocycles. The number of ether oxygens (including phenoxy) is 3. The lowest BCUT2D eigenvalue weighted by molar-refractivity contribution is -0.136. The maximum absolute atomic E-state index is 10.9. The first-order chi connectivity index (χ1) is 16.9. The predicted molar refractivity (Wildman–Crippen MR) is 139 cm³/mol. The summed E-state index contributed by atoms with van der Waals surface area (Å²) in [5, 5.41) is 8.95. The van der Waals surface area contributed by atoms with Gasteiger partial charge in [-0.3, -0.25) is 4.79 Å². The summed E-state index contributed by atoms with van der Waals surface area (Å²) in [6, 6.07) is 20.0. The second kappa shape index (κ2) is 12.8. The Morgan fingerprint density at radius 1 is 0.914 bits per heavy atom. The fraction of sp³-hybridized carbons (Fsp3) is 0.367. The van der Waals surface area contributed by atoms with Gasteiger partial charge in [0.25, 0.3) is 0 Å². The molecule has 0 heterocycles. The molecule has 1 atom stereocenters. The van der Waals surface area contributed by atoms with Crippen molar-refractivity contribution in [3.8, 4) is 23.0 Å². The van der Waals surface area contributed by atoms with Gasteiger partial charge in [0.2, 0.25) is 0 Å². The van der Waals surface area contributed by atoms with Crippen molar-refractivity contribution in [3.63, 3.8) is 0 Å². The first-order valence-corrected chi connectivity index (χ1v) is 12.4. The molecule has 35 heavy (non-hydrogen) atoms. The molecular weight excluding hydrogens is 440 g/mol. The summed E-state index contributed by atoms with van der Waals surface area (Å²) in [5.74, 6) is 2.27. The molecule has 0 aliphatic carbocycles. The number of para-hydroxylation sites is 1. The fourth-order valence-corrected chi connectivity index (χ4v) is 3.86. The Hall–Kier alpha value is -3.47. The van der Waals surface area contributed by atoms with Crippen LogP contribution in [0.5, 0.6) is 23.0 Å². The minimum Gasteiger partial charge on any atom is -0.493 e. The predicted octanol–water partition coefficient (Wildman–Crippen LogP) is 7.17. The highest BCUT2D eigenvalue weighted by Gasteiger charge is 2.13. The lowest BCUT2D eigenvalue weighted by Crippen LogP contribution is -2.16. The smallest absolute Gasteiger partial charge is 0.303 e. The van der Waals surface area contributed by atoms with Crippen molar-refractivity contribution < 1.29 is 24.1 Å². The highest BCUT2D eigenvalue weighted by atomic mass is 16.5. The second-order valence-corrected chi connectivity index (χ2v) is 8.75. The maximum Gasteiger partial charge on any atom is 0.303 e. The van der Waals surface area contributed by atoms with E-state index in [4.69, 9.17) is 19.3 Å². The molecule has 3 rings (SSSR count). The molecule has 5 nitrogen and oxygen atoms in total. The highest BCUT2D eigenvalue weighted by molar-refractivity contribution is 5.67. The van der Waals surface area contributed by atoms with Gasteiger partial charge in [0.15, 0.2) is 11.5 Å². The Morgan fingerprint density at radius 3 is 2.43 bits per heavy atom. The van der Waals surface area contributed by atoms with Crippen molar-refractivity contribution in [1.82, 2.24) is 0 Å². The summed E-state index contributed by atoms with van der Waals surface area (Å²) in [6.07, 6.45) is 3.07. The molecule has 0 radical (unpaired) electrons. The Bertz CT molecular complexity index is 1120. The molecule has 0 spiro atoms. The minimum atomic E-state index is -0.779. The number of carbonyl (C=O) groups is 1. The topological polar surface area (TPSA) is 65.0 Å². The van der Waals surface area contributed by atoms with Gasteiger partial charge in [0.05, 0.1) is 12.7 Å². The van der Waals surface area contributed by atoms with Crippen LogP contribution >= 0.6 is 0 Å². The number of hydrogen-bond acceptors (Lipinski definition) is 4. The van der Waals surface area contributed by atoms with Gasteiger partial charge in [-0.2, -0.15) is 0 Å². The molecular formula is C30H36O5. The second-order valence-electron chi connectivity index (χ2n) is 8.75. The number of aryl methyl sites for hydroxylation is 4. The summed E-state index contributed by atoms with van der Waals surface area (Å²) >= 11 is 0. The summed E-state index contributed by atoms with van der Waals surface area (Å²) < 4.78 is 18.5. The van der Waals surface area contributed by atoms with Crippen LogP contribution in [0.2, 0.25) is 0 Å². The molecule has 0 aliphatic heterocycles. The van der Waals surface area contributed by atoms with E-state index >= 15 is 0 Å². The average molecular weight is 477 g/mol. The summed E-state index contributed by atoms with van der Waals surface area (Å²) in [6.45, 7) is 8.76. The molecule has 1 N–H and O–H groups in total. The van der Waals surface area contributed by atoms with Crippen LogP contribution in [0.25, 0.3) is 0 Å². The van der Waals surface area contributed by atoms with Crippen LogP contribution in [-0.4, -0.2) is 23.8 Å². The molecule has 0 saturated heterocycles. The highest BCUT2D eigenvalue weighted by Crippen LogP contribution is 2.35. The van der Waals surface area contributed by atoms with Gasteiger partial charge in [-0.25, -0.2) is 0 Å². The van der Waals surface area contributed by atoms with Crippen molar-refractivity contribution in [3.05, 3.63) is 82.9 Å². The largest absolute Gasteiger partial charge is 0.493 e. The van der Waals surface area contributed by atoms with E-state index in [9.17, 15) is 4.79 Å². The van der Waals surface area contributed by atoms with Crippen LogP contribution in [0.3, 0.4) is 0 Å². The molecule has 0 aliphatic rings. The summed E-state index contributed by atoms with van der Waals surface area (Å²) in [7, 11) is 0. The molecule has 5 heteroatoms. The molecule has 186 valence electrons. The SMILES string of the molecule is CCc1ccc(O[C@@H](C)CCOc2ccc(CCC(=O)O)c(CC)c2)c(Oc2ccccc2C)c1. The van der Waals surface area contributed by atoms with Crippen molar-refractivity contribution >= 4 is 5.97 Å². The molecule has 0 unspecified atom stereocenters. The Balaban J connectivity index is 1.60. The molecule has 0 amide bonds. The van der Waals surface area contributed by atoms with Crippen LogP contribution in [0.1, 0.15) is 55.9 Å². The van der Waals surface area contributed by atoms with Crippen molar-refractivity contribution in [2.75, 3.05) is 6.61 Å². The number of carboxylic acids is 1. The van der Waals surface area contributed by atoms with Crippen LogP contribution in [0.15, 0.2) is 60.7 Å². The quantitative estimate of drug-likeness (QED) is 0.283. The van der Waals surface area contributed by atoms with Crippen molar-refractivity contribution in [1.29, 1.82) is 0 Å². The van der Waals surface area contributed by atoms with Crippen molar-refractivity contribution in [2.45, 2.75) is 65.9 Å². The van der Waals surface area contributed by atoms with E-state index in [0.717, 1.165) is 46.8 Å². The number of rotatable bonds is 13. The van der Waals surface area contributed by atoms with Crippen LogP contribution in [0.4, 0.5) is 0 Å². The van der Waals surface area contributed by atoms with E-state index in [1.807, 2.05) is 68.4 Å².